The first kappa shape index (κ1) is 18.6. The molecule has 2 rings (SSSR count). The molecule has 1 aliphatic heterocycles. The molecule has 7 heteroatoms. The molecule has 132 valence electrons. The molecule has 1 aliphatic rings. The van der Waals surface area contributed by atoms with E-state index >= 15 is 0 Å². The highest BCUT2D eigenvalue weighted by atomic mass is 32.2. The van der Waals surface area contributed by atoms with Gasteiger partial charge >= 0.3 is 0 Å². The van der Waals surface area contributed by atoms with Crippen LogP contribution in [-0.2, 0) is 14.8 Å². The molecule has 0 atom stereocenters. The number of benzene rings is 1. The SMILES string of the molecule is CC(=O)c1cccc(S(=O)(=O)NCCC(=O)N2CCCCCC2)c1. The lowest BCUT2D eigenvalue weighted by Gasteiger charge is -2.20. The van der Waals surface area contributed by atoms with E-state index in [0.717, 1.165) is 38.8 Å². The summed E-state index contributed by atoms with van der Waals surface area (Å²) in [5.41, 5.74) is 0.346. The van der Waals surface area contributed by atoms with Crippen molar-refractivity contribution in [2.75, 3.05) is 19.6 Å². The summed E-state index contributed by atoms with van der Waals surface area (Å²) in [5.74, 6) is -0.208. The Bertz CT molecular complexity index is 692. The minimum Gasteiger partial charge on any atom is -0.343 e. The van der Waals surface area contributed by atoms with Crippen LogP contribution in [0.5, 0.6) is 0 Å². The van der Waals surface area contributed by atoms with Gasteiger partial charge in [0.05, 0.1) is 4.90 Å². The topological polar surface area (TPSA) is 83.5 Å². The van der Waals surface area contributed by atoms with E-state index in [4.69, 9.17) is 0 Å². The van der Waals surface area contributed by atoms with Crippen LogP contribution in [0.2, 0.25) is 0 Å². The number of nitrogens with zero attached hydrogens (tertiary/aromatic N) is 1. The predicted octanol–water partition coefficient (Wildman–Crippen LogP) is 1.96. The molecule has 1 heterocycles. The third kappa shape index (κ3) is 5.14. The molecule has 24 heavy (non-hydrogen) atoms. The fourth-order valence-electron chi connectivity index (χ4n) is 2.74. The number of sulfonamides is 1. The summed E-state index contributed by atoms with van der Waals surface area (Å²) in [6, 6.07) is 5.89. The van der Waals surface area contributed by atoms with Crippen LogP contribution in [0.4, 0.5) is 0 Å². The minimum absolute atomic E-state index is 0.0166. The molecule has 1 N–H and O–H groups in total. The molecule has 1 saturated heterocycles. The van der Waals surface area contributed by atoms with Crippen molar-refractivity contribution in [2.45, 2.75) is 43.9 Å². The van der Waals surface area contributed by atoms with E-state index in [1.807, 2.05) is 4.90 Å². The highest BCUT2D eigenvalue weighted by Crippen LogP contribution is 2.13. The summed E-state index contributed by atoms with van der Waals surface area (Å²) in [5, 5.41) is 0. The summed E-state index contributed by atoms with van der Waals surface area (Å²) < 4.78 is 27.0. The van der Waals surface area contributed by atoms with E-state index in [0.29, 0.717) is 5.56 Å². The Morgan fingerprint density at radius 2 is 1.79 bits per heavy atom. The fraction of sp³-hybridized carbons (Fsp3) is 0.529. The van der Waals surface area contributed by atoms with E-state index in [2.05, 4.69) is 4.72 Å². The summed E-state index contributed by atoms with van der Waals surface area (Å²) in [7, 11) is -3.72. The van der Waals surface area contributed by atoms with Crippen LogP contribution in [0, 0.1) is 0 Å². The summed E-state index contributed by atoms with van der Waals surface area (Å²) >= 11 is 0. The highest BCUT2D eigenvalue weighted by molar-refractivity contribution is 7.89. The van der Waals surface area contributed by atoms with Crippen LogP contribution in [0.25, 0.3) is 0 Å². The van der Waals surface area contributed by atoms with E-state index in [-0.39, 0.29) is 29.6 Å². The van der Waals surface area contributed by atoms with Gasteiger partial charge in [-0.3, -0.25) is 9.59 Å². The molecular formula is C17H24N2O4S. The summed E-state index contributed by atoms with van der Waals surface area (Å²) in [6.45, 7) is 2.96. The summed E-state index contributed by atoms with van der Waals surface area (Å²) in [4.78, 5) is 25.4. The summed E-state index contributed by atoms with van der Waals surface area (Å²) in [6.07, 6.45) is 4.45. The number of carbonyl (C=O) groups is 2. The number of nitrogens with one attached hydrogen (secondary N) is 1. The smallest absolute Gasteiger partial charge is 0.240 e. The van der Waals surface area contributed by atoms with Crippen LogP contribution in [0.15, 0.2) is 29.2 Å². The Morgan fingerprint density at radius 3 is 2.42 bits per heavy atom. The second-order valence-electron chi connectivity index (χ2n) is 6.03. The first-order valence-corrected chi connectivity index (χ1v) is 9.77. The first-order valence-electron chi connectivity index (χ1n) is 8.28. The molecule has 0 unspecified atom stereocenters. The third-order valence-corrected chi connectivity index (χ3v) is 5.60. The van der Waals surface area contributed by atoms with Gasteiger partial charge in [0, 0.05) is 31.6 Å². The van der Waals surface area contributed by atoms with E-state index in [9.17, 15) is 18.0 Å². The zero-order chi connectivity index (χ0) is 17.6. The molecule has 1 aromatic carbocycles. The Labute approximate surface area is 143 Å². The second kappa shape index (κ2) is 8.39. The van der Waals surface area contributed by atoms with E-state index in [1.165, 1.54) is 25.1 Å². The highest BCUT2D eigenvalue weighted by Gasteiger charge is 2.18. The van der Waals surface area contributed by atoms with Gasteiger partial charge in [0.2, 0.25) is 15.9 Å². The van der Waals surface area contributed by atoms with Crippen molar-refractivity contribution in [1.29, 1.82) is 0 Å². The van der Waals surface area contributed by atoms with Gasteiger partial charge in [0.1, 0.15) is 0 Å². The lowest BCUT2D eigenvalue weighted by Crippen LogP contribution is -2.35. The maximum absolute atomic E-state index is 12.3. The molecule has 0 radical (unpaired) electrons. The first-order chi connectivity index (χ1) is 11.4. The molecule has 1 aromatic rings. The van der Waals surface area contributed by atoms with Crippen molar-refractivity contribution >= 4 is 21.7 Å². The van der Waals surface area contributed by atoms with Crippen molar-refractivity contribution in [3.05, 3.63) is 29.8 Å². The van der Waals surface area contributed by atoms with E-state index < -0.39 is 10.0 Å². The van der Waals surface area contributed by atoms with Gasteiger partial charge in [0.15, 0.2) is 5.78 Å². The minimum atomic E-state index is -3.72. The monoisotopic (exact) mass is 352 g/mol. The number of rotatable bonds is 6. The van der Waals surface area contributed by atoms with Crippen LogP contribution in [0.3, 0.4) is 0 Å². The van der Waals surface area contributed by atoms with Gasteiger partial charge in [-0.15, -0.1) is 0 Å². The zero-order valence-corrected chi connectivity index (χ0v) is 14.8. The number of amides is 1. The average Bonchev–Trinajstić information content (AvgIpc) is 2.84. The molecule has 0 aliphatic carbocycles. The Morgan fingerprint density at radius 1 is 1.12 bits per heavy atom. The van der Waals surface area contributed by atoms with Gasteiger partial charge < -0.3 is 4.90 Å². The largest absolute Gasteiger partial charge is 0.343 e. The Kier molecular flexibility index (Phi) is 6.51. The molecule has 0 spiro atoms. The van der Waals surface area contributed by atoms with Crippen molar-refractivity contribution in [1.82, 2.24) is 9.62 Å². The fourth-order valence-corrected chi connectivity index (χ4v) is 3.81. The van der Waals surface area contributed by atoms with Gasteiger partial charge in [-0.05, 0) is 31.9 Å². The van der Waals surface area contributed by atoms with Gasteiger partial charge in [0.25, 0.3) is 0 Å². The quantitative estimate of drug-likeness (QED) is 0.793. The predicted molar refractivity (Wildman–Crippen MR) is 91.3 cm³/mol. The average molecular weight is 352 g/mol. The van der Waals surface area contributed by atoms with Crippen LogP contribution in [-0.4, -0.2) is 44.6 Å². The van der Waals surface area contributed by atoms with Crippen LogP contribution >= 0.6 is 0 Å². The maximum Gasteiger partial charge on any atom is 0.240 e. The Hall–Kier alpha value is -1.73. The lowest BCUT2D eigenvalue weighted by molar-refractivity contribution is -0.130. The third-order valence-electron chi connectivity index (χ3n) is 4.14. The molecule has 1 fully saturated rings. The molecule has 6 nitrogen and oxygen atoms in total. The second-order valence-corrected chi connectivity index (χ2v) is 7.79. The zero-order valence-electron chi connectivity index (χ0n) is 14.0. The lowest BCUT2D eigenvalue weighted by atomic mass is 10.2. The number of hydrogen-bond donors (Lipinski definition) is 1. The van der Waals surface area contributed by atoms with Gasteiger partial charge in [-0.25, -0.2) is 13.1 Å². The number of ketones is 1. The van der Waals surface area contributed by atoms with Crippen molar-refractivity contribution in [2.24, 2.45) is 0 Å². The molecule has 1 amide bonds. The van der Waals surface area contributed by atoms with Crippen molar-refractivity contribution in [3.63, 3.8) is 0 Å². The van der Waals surface area contributed by atoms with Crippen molar-refractivity contribution in [3.8, 4) is 0 Å². The number of hydrogen-bond acceptors (Lipinski definition) is 4. The standard InChI is InChI=1S/C17H24N2O4S/c1-14(20)15-7-6-8-16(13-15)24(22,23)18-10-9-17(21)19-11-4-2-3-5-12-19/h6-8,13,18H,2-5,9-12H2,1H3. The number of likely N-dealkylation sites (tertiary alicyclic amines) is 1. The molecular weight excluding hydrogens is 328 g/mol. The molecule has 0 aromatic heterocycles. The van der Waals surface area contributed by atoms with E-state index in [1.54, 1.807) is 6.07 Å². The van der Waals surface area contributed by atoms with Gasteiger partial charge in [-0.2, -0.15) is 0 Å². The van der Waals surface area contributed by atoms with Crippen molar-refractivity contribution < 1.29 is 18.0 Å². The Balaban J connectivity index is 1.91. The maximum atomic E-state index is 12.3. The van der Waals surface area contributed by atoms with Crippen LogP contribution in [0.1, 0.15) is 49.4 Å². The number of carbonyl (C=O) groups excluding carboxylic acids is 2. The van der Waals surface area contributed by atoms with Gasteiger partial charge in [-0.1, -0.05) is 25.0 Å². The normalized spacial score (nSPS) is 15.8. The molecule has 0 saturated carbocycles. The number of Topliss-reactive ketones (excluding diaryl/α,β-unsaturated/α-hetero) is 1. The van der Waals surface area contributed by atoms with Crippen LogP contribution < -0.4 is 4.72 Å². The molecule has 0 bridgehead atoms.